The summed E-state index contributed by atoms with van der Waals surface area (Å²) in [5.74, 6) is -0.0428. The first-order chi connectivity index (χ1) is 19.2. The molecule has 4 aromatic rings. The number of aromatic nitrogens is 6. The maximum Gasteiger partial charge on any atom is 0.435 e. The van der Waals surface area contributed by atoms with Crippen molar-refractivity contribution in [3.8, 4) is 5.69 Å². The molecule has 3 aromatic heterocycles. The monoisotopic (exact) mass is 570 g/mol. The number of piperidine rings is 1. The predicted octanol–water partition coefficient (Wildman–Crippen LogP) is 4.52. The van der Waals surface area contributed by atoms with Crippen molar-refractivity contribution in [2.24, 2.45) is 5.16 Å². The van der Waals surface area contributed by atoms with Crippen LogP contribution in [-0.4, -0.2) is 59.1 Å². The van der Waals surface area contributed by atoms with Gasteiger partial charge in [0.05, 0.1) is 16.4 Å². The molecule has 40 heavy (non-hydrogen) atoms. The number of aryl methyl sites for hydroxylation is 1. The number of benzene rings is 1. The summed E-state index contributed by atoms with van der Waals surface area (Å²) in [6, 6.07) is 8.85. The SMILES string of the molecule is Cc1cc(C(F)(F)F)nn1CC(=O)N1CCC(c2nc(C3=NOC(c4cccc(-n5cncn5)c4)C3)cs2)CC1. The second-order valence-corrected chi connectivity index (χ2v) is 10.7. The lowest BCUT2D eigenvalue weighted by molar-refractivity contribution is -0.142. The molecule has 0 N–H and O–H groups in total. The molecule has 208 valence electrons. The van der Waals surface area contributed by atoms with Crippen LogP contribution in [0.2, 0.25) is 0 Å². The second-order valence-electron chi connectivity index (χ2n) is 9.82. The smallest absolute Gasteiger partial charge is 0.387 e. The Morgan fingerprint density at radius 3 is 2.75 bits per heavy atom. The number of hydrogen-bond donors (Lipinski definition) is 0. The molecule has 6 rings (SSSR count). The summed E-state index contributed by atoms with van der Waals surface area (Å²) in [5.41, 5.74) is 2.77. The fraction of sp³-hybridized carbons (Fsp3) is 0.385. The Morgan fingerprint density at radius 2 is 2.02 bits per heavy atom. The van der Waals surface area contributed by atoms with Gasteiger partial charge in [0, 0.05) is 36.5 Å². The quantitative estimate of drug-likeness (QED) is 0.338. The van der Waals surface area contributed by atoms with Crippen LogP contribution in [0.5, 0.6) is 0 Å². The lowest BCUT2D eigenvalue weighted by atomic mass is 9.97. The number of alkyl halides is 3. The van der Waals surface area contributed by atoms with Gasteiger partial charge >= 0.3 is 6.18 Å². The molecule has 1 unspecified atom stereocenters. The molecule has 1 fully saturated rings. The van der Waals surface area contributed by atoms with Gasteiger partial charge in [-0.05, 0) is 43.5 Å². The first kappa shape index (κ1) is 26.2. The molecule has 1 atom stereocenters. The Morgan fingerprint density at radius 1 is 1.20 bits per heavy atom. The largest absolute Gasteiger partial charge is 0.435 e. The highest BCUT2D eigenvalue weighted by atomic mass is 32.1. The van der Waals surface area contributed by atoms with Gasteiger partial charge in [-0.2, -0.15) is 23.4 Å². The van der Waals surface area contributed by atoms with Gasteiger partial charge in [0.25, 0.3) is 0 Å². The van der Waals surface area contributed by atoms with Crippen LogP contribution in [0, 0.1) is 6.92 Å². The Hall–Kier alpha value is -4.07. The van der Waals surface area contributed by atoms with Gasteiger partial charge in [0.15, 0.2) is 11.8 Å². The summed E-state index contributed by atoms with van der Waals surface area (Å²) < 4.78 is 41.6. The highest BCUT2D eigenvalue weighted by Crippen LogP contribution is 2.34. The molecule has 0 saturated carbocycles. The van der Waals surface area contributed by atoms with Crippen molar-refractivity contribution >= 4 is 23.0 Å². The minimum absolute atomic E-state index is 0.198. The summed E-state index contributed by atoms with van der Waals surface area (Å²) in [6.45, 7) is 2.33. The van der Waals surface area contributed by atoms with Gasteiger partial charge in [0.2, 0.25) is 5.91 Å². The number of rotatable bonds is 6. The Kier molecular flexibility index (Phi) is 6.86. The van der Waals surface area contributed by atoms with Crippen molar-refractivity contribution in [1.82, 2.24) is 34.4 Å². The lowest BCUT2D eigenvalue weighted by Gasteiger charge is -2.31. The second kappa shape index (κ2) is 10.5. The molecule has 2 aliphatic heterocycles. The Bertz CT molecular complexity index is 1540. The summed E-state index contributed by atoms with van der Waals surface area (Å²) in [4.78, 5) is 29.0. The van der Waals surface area contributed by atoms with Crippen LogP contribution in [0.1, 0.15) is 58.9 Å². The highest BCUT2D eigenvalue weighted by Gasteiger charge is 2.35. The van der Waals surface area contributed by atoms with Gasteiger partial charge in [-0.3, -0.25) is 9.48 Å². The summed E-state index contributed by atoms with van der Waals surface area (Å²) in [7, 11) is 0. The number of nitrogens with zero attached hydrogens (tertiary/aromatic N) is 8. The molecule has 0 aliphatic carbocycles. The maximum atomic E-state index is 12.9. The lowest BCUT2D eigenvalue weighted by Crippen LogP contribution is -2.40. The molecular formula is C26H25F3N8O2S. The predicted molar refractivity (Wildman–Crippen MR) is 139 cm³/mol. The zero-order valence-corrected chi connectivity index (χ0v) is 22.3. The van der Waals surface area contributed by atoms with Crippen molar-refractivity contribution in [2.45, 2.75) is 50.9 Å². The topological polar surface area (TPSA) is 103 Å². The van der Waals surface area contributed by atoms with Gasteiger partial charge < -0.3 is 9.74 Å². The van der Waals surface area contributed by atoms with Gasteiger partial charge in [-0.1, -0.05) is 17.3 Å². The van der Waals surface area contributed by atoms with E-state index in [4.69, 9.17) is 9.82 Å². The molecule has 0 radical (unpaired) electrons. The molecule has 0 spiro atoms. The van der Waals surface area contributed by atoms with E-state index in [0.29, 0.717) is 25.2 Å². The average Bonchev–Trinajstić information content (AvgIpc) is 3.76. The van der Waals surface area contributed by atoms with Gasteiger partial charge in [0.1, 0.15) is 24.9 Å². The highest BCUT2D eigenvalue weighted by molar-refractivity contribution is 7.10. The third-order valence-corrected chi connectivity index (χ3v) is 8.17. The number of carbonyl (C=O) groups is 1. The summed E-state index contributed by atoms with van der Waals surface area (Å²) in [6.07, 6.45) is 0.422. The number of amides is 1. The summed E-state index contributed by atoms with van der Waals surface area (Å²) >= 11 is 1.57. The molecule has 1 aromatic carbocycles. The number of thiazole rings is 1. The van der Waals surface area contributed by atoms with E-state index in [1.807, 2.05) is 29.6 Å². The van der Waals surface area contributed by atoms with E-state index in [-0.39, 0.29) is 24.5 Å². The van der Waals surface area contributed by atoms with E-state index in [2.05, 4.69) is 20.3 Å². The average molecular weight is 571 g/mol. The van der Waals surface area contributed by atoms with E-state index >= 15 is 0 Å². The standard InChI is InChI=1S/C26H25F3N8O2S/c1-16-9-23(26(27,28)29)33-36(16)12-24(38)35-7-5-17(6-8-35)25-32-21(13-40-25)20-11-22(39-34-20)18-3-2-4-19(10-18)37-15-30-14-31-37/h2-4,9-10,13-15,17,22H,5-8,11-12H2,1H3. The number of oxime groups is 1. The molecule has 1 saturated heterocycles. The Balaban J connectivity index is 1.03. The van der Waals surface area contributed by atoms with Crippen molar-refractivity contribution in [1.29, 1.82) is 0 Å². The first-order valence-corrected chi connectivity index (χ1v) is 13.7. The normalized spacial score (nSPS) is 18.1. The zero-order chi connectivity index (χ0) is 27.9. The maximum absolute atomic E-state index is 12.9. The third kappa shape index (κ3) is 5.35. The minimum atomic E-state index is -4.54. The number of hydrogen-bond acceptors (Lipinski definition) is 8. The number of likely N-dealkylation sites (tertiary alicyclic amines) is 1. The van der Waals surface area contributed by atoms with Gasteiger partial charge in [-0.15, -0.1) is 11.3 Å². The molecule has 1 amide bonds. The van der Waals surface area contributed by atoms with Crippen LogP contribution in [0.4, 0.5) is 13.2 Å². The fourth-order valence-electron chi connectivity index (χ4n) is 4.94. The molecule has 14 heteroatoms. The number of carbonyl (C=O) groups excluding carboxylic acids is 1. The van der Waals surface area contributed by atoms with Crippen LogP contribution in [0.25, 0.3) is 5.69 Å². The minimum Gasteiger partial charge on any atom is -0.387 e. The molecule has 10 nitrogen and oxygen atoms in total. The number of halogens is 3. The Labute approximate surface area is 231 Å². The van der Waals surface area contributed by atoms with E-state index in [0.717, 1.165) is 51.3 Å². The van der Waals surface area contributed by atoms with Crippen LogP contribution in [0.3, 0.4) is 0 Å². The molecular weight excluding hydrogens is 545 g/mol. The van der Waals surface area contributed by atoms with Crippen LogP contribution < -0.4 is 0 Å². The first-order valence-electron chi connectivity index (χ1n) is 12.8. The molecule has 2 aliphatic rings. The van der Waals surface area contributed by atoms with E-state index in [1.54, 1.807) is 27.2 Å². The van der Waals surface area contributed by atoms with Crippen LogP contribution in [0.15, 0.2) is 53.5 Å². The fourth-order valence-corrected chi connectivity index (χ4v) is 5.94. The van der Waals surface area contributed by atoms with E-state index < -0.39 is 11.9 Å². The van der Waals surface area contributed by atoms with E-state index in [9.17, 15) is 18.0 Å². The summed E-state index contributed by atoms with van der Waals surface area (Å²) in [5, 5.41) is 15.0. The van der Waals surface area contributed by atoms with Crippen molar-refractivity contribution < 1.29 is 22.8 Å². The van der Waals surface area contributed by atoms with Crippen molar-refractivity contribution in [3.63, 3.8) is 0 Å². The van der Waals surface area contributed by atoms with Crippen molar-refractivity contribution in [3.05, 3.63) is 76.0 Å². The molecule has 5 heterocycles. The van der Waals surface area contributed by atoms with Crippen molar-refractivity contribution in [2.75, 3.05) is 13.1 Å². The van der Waals surface area contributed by atoms with Crippen LogP contribution >= 0.6 is 11.3 Å². The van der Waals surface area contributed by atoms with Crippen LogP contribution in [-0.2, 0) is 22.4 Å². The van der Waals surface area contributed by atoms with Gasteiger partial charge in [-0.25, -0.2) is 14.6 Å². The zero-order valence-electron chi connectivity index (χ0n) is 21.5. The third-order valence-electron chi connectivity index (χ3n) is 7.17. The van der Waals surface area contributed by atoms with E-state index in [1.165, 1.54) is 13.3 Å². The molecule has 0 bridgehead atoms.